The molecule has 2 atom stereocenters. The fourth-order valence-corrected chi connectivity index (χ4v) is 3.21. The minimum atomic E-state index is 0.233. The molecule has 1 saturated heterocycles. The fraction of sp³-hybridized carbons (Fsp3) is 0.625. The van der Waals surface area contributed by atoms with Crippen molar-refractivity contribution in [2.75, 3.05) is 19.7 Å². The summed E-state index contributed by atoms with van der Waals surface area (Å²) in [6.07, 6.45) is 4.77. The van der Waals surface area contributed by atoms with Crippen LogP contribution in [0, 0.1) is 6.92 Å². The molecule has 0 radical (unpaired) electrons. The summed E-state index contributed by atoms with van der Waals surface area (Å²) in [5.74, 6) is 0. The first-order valence-corrected chi connectivity index (χ1v) is 7.40. The van der Waals surface area contributed by atoms with Crippen LogP contribution in [-0.4, -0.2) is 35.7 Å². The van der Waals surface area contributed by atoms with E-state index in [-0.39, 0.29) is 18.7 Å². The van der Waals surface area contributed by atoms with Gasteiger partial charge in [-0.15, -0.1) is 0 Å². The summed E-state index contributed by atoms with van der Waals surface area (Å²) in [4.78, 5) is 2.43. The van der Waals surface area contributed by atoms with E-state index in [2.05, 4.69) is 36.1 Å². The third-order valence-corrected chi connectivity index (χ3v) is 4.30. The highest BCUT2D eigenvalue weighted by molar-refractivity contribution is 5.29. The normalized spacial score (nSPS) is 23.0. The highest BCUT2D eigenvalue weighted by Gasteiger charge is 2.28. The van der Waals surface area contributed by atoms with Crippen LogP contribution >= 0.6 is 0 Å². The van der Waals surface area contributed by atoms with Crippen molar-refractivity contribution in [2.45, 2.75) is 44.7 Å². The van der Waals surface area contributed by atoms with Crippen LogP contribution in [0.3, 0.4) is 0 Å². The second-order valence-corrected chi connectivity index (χ2v) is 5.53. The van der Waals surface area contributed by atoms with E-state index >= 15 is 0 Å². The lowest BCUT2D eigenvalue weighted by atomic mass is 9.98. The molecule has 19 heavy (non-hydrogen) atoms. The Morgan fingerprint density at radius 3 is 2.79 bits per heavy atom. The molecule has 106 valence electrons. The van der Waals surface area contributed by atoms with Gasteiger partial charge < -0.3 is 10.8 Å². The molecule has 1 aliphatic heterocycles. The number of nitrogens with two attached hydrogens (primary N) is 1. The first kappa shape index (κ1) is 14.5. The Hall–Kier alpha value is -0.900. The molecule has 3 N–H and O–H groups in total. The van der Waals surface area contributed by atoms with Gasteiger partial charge >= 0.3 is 0 Å². The first-order chi connectivity index (χ1) is 9.27. The van der Waals surface area contributed by atoms with Gasteiger partial charge in [0, 0.05) is 18.6 Å². The van der Waals surface area contributed by atoms with Crippen molar-refractivity contribution in [1.29, 1.82) is 0 Å². The van der Waals surface area contributed by atoms with Gasteiger partial charge in [-0.25, -0.2) is 0 Å². The van der Waals surface area contributed by atoms with Crippen molar-refractivity contribution in [3.63, 3.8) is 0 Å². The van der Waals surface area contributed by atoms with E-state index < -0.39 is 0 Å². The number of aliphatic hydroxyl groups excluding tert-OH is 1. The highest BCUT2D eigenvalue weighted by atomic mass is 16.3. The largest absolute Gasteiger partial charge is 0.395 e. The van der Waals surface area contributed by atoms with Crippen molar-refractivity contribution in [3.8, 4) is 0 Å². The van der Waals surface area contributed by atoms with Crippen LogP contribution in [0.2, 0.25) is 0 Å². The maximum Gasteiger partial charge on any atom is 0.0587 e. The molecule has 0 aliphatic carbocycles. The van der Waals surface area contributed by atoms with Gasteiger partial charge in [-0.05, 0) is 37.4 Å². The van der Waals surface area contributed by atoms with Crippen molar-refractivity contribution in [1.82, 2.24) is 4.90 Å². The Morgan fingerprint density at radius 1 is 1.32 bits per heavy atom. The number of hydrogen-bond donors (Lipinski definition) is 2. The second-order valence-electron chi connectivity index (χ2n) is 5.53. The van der Waals surface area contributed by atoms with Gasteiger partial charge in [0.25, 0.3) is 0 Å². The maximum absolute atomic E-state index is 9.66. The predicted molar refractivity (Wildman–Crippen MR) is 79.0 cm³/mol. The minimum absolute atomic E-state index is 0.233. The number of aliphatic hydroxyl groups is 1. The van der Waals surface area contributed by atoms with Crippen LogP contribution in [0.25, 0.3) is 0 Å². The molecule has 3 heteroatoms. The zero-order chi connectivity index (χ0) is 13.7. The average Bonchev–Trinajstić information content (AvgIpc) is 2.67. The fourth-order valence-electron chi connectivity index (χ4n) is 3.21. The Labute approximate surface area is 116 Å². The topological polar surface area (TPSA) is 49.5 Å². The first-order valence-electron chi connectivity index (χ1n) is 7.40. The molecule has 0 bridgehead atoms. The molecule has 0 amide bonds. The van der Waals surface area contributed by atoms with E-state index in [1.807, 2.05) is 0 Å². The number of rotatable bonds is 4. The van der Waals surface area contributed by atoms with Gasteiger partial charge in [-0.1, -0.05) is 37.1 Å². The molecule has 1 heterocycles. The number of hydrogen-bond acceptors (Lipinski definition) is 3. The molecule has 0 aromatic heterocycles. The van der Waals surface area contributed by atoms with Crippen LogP contribution in [0.4, 0.5) is 0 Å². The molecule has 1 aliphatic rings. The highest BCUT2D eigenvalue weighted by Crippen LogP contribution is 2.29. The van der Waals surface area contributed by atoms with Crippen LogP contribution in [-0.2, 0) is 0 Å². The standard InChI is InChI=1S/C16H26N2O/c1-13-7-4-5-9-15(13)16(11-17)18-10-6-2-3-8-14(18)12-19/h4-5,7,9,14,16,19H,2-3,6,8,10-12,17H2,1H3. The number of likely N-dealkylation sites (tertiary alicyclic amines) is 1. The van der Waals surface area contributed by atoms with Crippen molar-refractivity contribution >= 4 is 0 Å². The van der Waals surface area contributed by atoms with E-state index in [9.17, 15) is 5.11 Å². The summed E-state index contributed by atoms with van der Waals surface area (Å²) in [7, 11) is 0. The summed E-state index contributed by atoms with van der Waals surface area (Å²) in [6, 6.07) is 8.96. The summed E-state index contributed by atoms with van der Waals surface area (Å²) < 4.78 is 0. The zero-order valence-electron chi connectivity index (χ0n) is 11.9. The minimum Gasteiger partial charge on any atom is -0.395 e. The van der Waals surface area contributed by atoms with Crippen molar-refractivity contribution < 1.29 is 5.11 Å². The number of benzene rings is 1. The lowest BCUT2D eigenvalue weighted by Crippen LogP contribution is -2.43. The summed E-state index contributed by atoms with van der Waals surface area (Å²) in [5.41, 5.74) is 8.65. The van der Waals surface area contributed by atoms with Crippen LogP contribution in [0.15, 0.2) is 24.3 Å². The van der Waals surface area contributed by atoms with Gasteiger partial charge in [0.05, 0.1) is 6.61 Å². The molecular formula is C16H26N2O. The Bertz CT molecular complexity index is 394. The molecule has 1 fully saturated rings. The van der Waals surface area contributed by atoms with Gasteiger partial charge in [-0.3, -0.25) is 4.90 Å². The third-order valence-electron chi connectivity index (χ3n) is 4.30. The van der Waals surface area contributed by atoms with Gasteiger partial charge in [0.15, 0.2) is 0 Å². The lowest BCUT2D eigenvalue weighted by molar-refractivity contribution is 0.0868. The van der Waals surface area contributed by atoms with Gasteiger partial charge in [0.1, 0.15) is 0 Å². The summed E-state index contributed by atoms with van der Waals surface area (Å²) in [5, 5.41) is 9.66. The van der Waals surface area contributed by atoms with Gasteiger partial charge in [0.2, 0.25) is 0 Å². The summed E-state index contributed by atoms with van der Waals surface area (Å²) in [6.45, 7) is 4.04. The predicted octanol–water partition coefficient (Wildman–Crippen LogP) is 2.23. The Balaban J connectivity index is 2.26. The zero-order valence-corrected chi connectivity index (χ0v) is 11.9. The smallest absolute Gasteiger partial charge is 0.0587 e. The molecule has 1 aromatic carbocycles. The maximum atomic E-state index is 9.66. The molecule has 1 aromatic rings. The van der Waals surface area contributed by atoms with Crippen molar-refractivity contribution in [2.24, 2.45) is 5.73 Å². The average molecular weight is 262 g/mol. The Kier molecular flexibility index (Phi) is 5.37. The van der Waals surface area contributed by atoms with E-state index in [1.54, 1.807) is 0 Å². The lowest BCUT2D eigenvalue weighted by Gasteiger charge is -2.36. The van der Waals surface area contributed by atoms with E-state index in [4.69, 9.17) is 5.73 Å². The van der Waals surface area contributed by atoms with Crippen LogP contribution in [0.5, 0.6) is 0 Å². The molecule has 0 saturated carbocycles. The molecular weight excluding hydrogens is 236 g/mol. The molecule has 2 rings (SSSR count). The SMILES string of the molecule is Cc1ccccc1C(CN)N1CCCCCC1CO. The van der Waals surface area contributed by atoms with Crippen LogP contribution in [0.1, 0.15) is 42.9 Å². The molecule has 2 unspecified atom stereocenters. The van der Waals surface area contributed by atoms with Crippen molar-refractivity contribution in [3.05, 3.63) is 35.4 Å². The van der Waals surface area contributed by atoms with E-state index in [0.29, 0.717) is 6.54 Å². The summed E-state index contributed by atoms with van der Waals surface area (Å²) >= 11 is 0. The van der Waals surface area contributed by atoms with Crippen LogP contribution < -0.4 is 5.73 Å². The monoisotopic (exact) mass is 262 g/mol. The number of nitrogens with zero attached hydrogens (tertiary/aromatic N) is 1. The van der Waals surface area contributed by atoms with Gasteiger partial charge in [-0.2, -0.15) is 0 Å². The molecule has 0 spiro atoms. The quantitative estimate of drug-likeness (QED) is 0.875. The Morgan fingerprint density at radius 2 is 2.11 bits per heavy atom. The third kappa shape index (κ3) is 3.35. The van der Waals surface area contributed by atoms with E-state index in [0.717, 1.165) is 13.0 Å². The second kappa shape index (κ2) is 7.04. The number of aryl methyl sites for hydroxylation is 1. The molecule has 3 nitrogen and oxygen atoms in total. The van der Waals surface area contributed by atoms with E-state index in [1.165, 1.54) is 30.4 Å².